The van der Waals surface area contributed by atoms with Gasteiger partial charge in [-0.15, -0.1) is 13.2 Å². The summed E-state index contributed by atoms with van der Waals surface area (Å²) in [6, 6.07) is 4.97. The van der Waals surface area contributed by atoms with Gasteiger partial charge in [0.05, 0.1) is 11.0 Å². The first-order valence-corrected chi connectivity index (χ1v) is 4.70. The number of ether oxygens (including phenoxy) is 1. The summed E-state index contributed by atoms with van der Waals surface area (Å²) in [5, 5.41) is 0. The number of H-pyrrole nitrogens is 1. The first-order chi connectivity index (χ1) is 7.85. The second-order valence-corrected chi connectivity index (χ2v) is 3.52. The fourth-order valence-corrected chi connectivity index (χ4v) is 1.42. The van der Waals surface area contributed by atoms with Crippen molar-refractivity contribution in [1.29, 1.82) is 0 Å². The Morgan fingerprint density at radius 2 is 2.06 bits per heavy atom. The SMILES string of the molecule is Cc1ccc2nc([C@H](F)OC(F)(F)F)[nH]c2c1. The molecule has 1 aromatic carbocycles. The van der Waals surface area contributed by atoms with E-state index in [0.717, 1.165) is 5.56 Å². The van der Waals surface area contributed by atoms with E-state index in [1.165, 1.54) is 0 Å². The Balaban J connectivity index is 2.30. The predicted octanol–water partition coefficient (Wildman–Crippen LogP) is 3.38. The summed E-state index contributed by atoms with van der Waals surface area (Å²) in [5.74, 6) is -0.497. The van der Waals surface area contributed by atoms with Gasteiger partial charge in [0.25, 0.3) is 6.36 Å². The molecule has 3 nitrogen and oxygen atoms in total. The molecule has 0 aliphatic heterocycles. The number of benzene rings is 1. The second-order valence-electron chi connectivity index (χ2n) is 3.52. The smallest absolute Gasteiger partial charge is 0.337 e. The molecule has 0 radical (unpaired) electrons. The number of fused-ring (bicyclic) bond motifs is 1. The molecule has 0 fully saturated rings. The van der Waals surface area contributed by atoms with Crippen LogP contribution in [0.1, 0.15) is 17.7 Å². The van der Waals surface area contributed by atoms with Gasteiger partial charge in [-0.2, -0.15) is 0 Å². The molecule has 0 aliphatic carbocycles. The van der Waals surface area contributed by atoms with Gasteiger partial charge in [0.2, 0.25) is 0 Å². The summed E-state index contributed by atoms with van der Waals surface area (Å²) in [6.07, 6.45) is -7.68. The molecule has 0 amide bonds. The number of aryl methyl sites for hydroxylation is 1. The third-order valence-electron chi connectivity index (χ3n) is 2.11. The molecule has 0 unspecified atom stereocenters. The highest BCUT2D eigenvalue weighted by molar-refractivity contribution is 5.75. The van der Waals surface area contributed by atoms with Gasteiger partial charge in [-0.3, -0.25) is 0 Å². The van der Waals surface area contributed by atoms with Crippen LogP contribution >= 0.6 is 0 Å². The van der Waals surface area contributed by atoms with Crippen LogP contribution in [0, 0.1) is 6.92 Å². The molecule has 92 valence electrons. The Hall–Kier alpha value is -1.63. The van der Waals surface area contributed by atoms with Gasteiger partial charge >= 0.3 is 6.36 Å². The Labute approximate surface area is 93.4 Å². The number of rotatable bonds is 2. The molecule has 1 N–H and O–H groups in total. The summed E-state index contributed by atoms with van der Waals surface area (Å²) in [5.41, 5.74) is 1.74. The molecular formula is C10H8F4N2O. The van der Waals surface area contributed by atoms with E-state index in [2.05, 4.69) is 14.7 Å². The fraction of sp³-hybridized carbons (Fsp3) is 0.300. The standard InChI is InChI=1S/C10H8F4N2O/c1-5-2-3-6-7(4-5)16-9(15-6)8(11)17-10(12,13)14/h2-4,8H,1H3,(H,15,16)/t8-/m1/s1. The van der Waals surface area contributed by atoms with Crippen LogP contribution < -0.4 is 0 Å². The molecule has 0 spiro atoms. The Morgan fingerprint density at radius 3 is 2.71 bits per heavy atom. The van der Waals surface area contributed by atoms with E-state index in [1.807, 2.05) is 0 Å². The zero-order valence-corrected chi connectivity index (χ0v) is 8.68. The topological polar surface area (TPSA) is 37.9 Å². The average Bonchev–Trinajstić information content (AvgIpc) is 2.57. The van der Waals surface area contributed by atoms with Crippen molar-refractivity contribution in [1.82, 2.24) is 9.97 Å². The summed E-state index contributed by atoms with van der Waals surface area (Å²) in [6.45, 7) is 1.80. The lowest BCUT2D eigenvalue weighted by molar-refractivity contribution is -0.364. The number of aromatic nitrogens is 2. The Kier molecular flexibility index (Phi) is 2.78. The van der Waals surface area contributed by atoms with Gasteiger partial charge < -0.3 is 4.98 Å². The van der Waals surface area contributed by atoms with Crippen molar-refractivity contribution in [2.75, 3.05) is 0 Å². The number of hydrogen-bond acceptors (Lipinski definition) is 2. The van der Waals surface area contributed by atoms with Crippen LogP contribution in [0.4, 0.5) is 17.6 Å². The lowest BCUT2D eigenvalue weighted by Crippen LogP contribution is -2.16. The molecule has 0 bridgehead atoms. The summed E-state index contributed by atoms with van der Waals surface area (Å²) in [7, 11) is 0. The van der Waals surface area contributed by atoms with Crippen molar-refractivity contribution in [2.24, 2.45) is 0 Å². The maximum atomic E-state index is 13.1. The van der Waals surface area contributed by atoms with Crippen LogP contribution in [0.25, 0.3) is 11.0 Å². The third-order valence-corrected chi connectivity index (χ3v) is 2.11. The molecule has 7 heteroatoms. The van der Waals surface area contributed by atoms with E-state index < -0.39 is 18.5 Å². The minimum atomic E-state index is -5.03. The maximum Gasteiger partial charge on any atom is 0.525 e. The van der Waals surface area contributed by atoms with Crippen LogP contribution in [-0.4, -0.2) is 16.3 Å². The average molecular weight is 248 g/mol. The van der Waals surface area contributed by atoms with E-state index in [1.54, 1.807) is 25.1 Å². The van der Waals surface area contributed by atoms with E-state index >= 15 is 0 Å². The molecule has 1 atom stereocenters. The van der Waals surface area contributed by atoms with Crippen molar-refractivity contribution in [2.45, 2.75) is 19.6 Å². The highest BCUT2D eigenvalue weighted by Crippen LogP contribution is 2.28. The maximum absolute atomic E-state index is 13.1. The third kappa shape index (κ3) is 2.73. The molecule has 0 saturated carbocycles. The Morgan fingerprint density at radius 1 is 1.35 bits per heavy atom. The molecule has 0 aliphatic rings. The van der Waals surface area contributed by atoms with Crippen LogP contribution in [0.3, 0.4) is 0 Å². The first-order valence-electron chi connectivity index (χ1n) is 4.70. The van der Waals surface area contributed by atoms with Crippen molar-refractivity contribution < 1.29 is 22.3 Å². The number of nitrogens with zero attached hydrogens (tertiary/aromatic N) is 1. The molecular weight excluding hydrogens is 240 g/mol. The van der Waals surface area contributed by atoms with Gasteiger partial charge in [-0.1, -0.05) is 6.07 Å². The van der Waals surface area contributed by atoms with Gasteiger partial charge in [0.1, 0.15) is 0 Å². The monoisotopic (exact) mass is 248 g/mol. The van der Waals surface area contributed by atoms with E-state index in [-0.39, 0.29) is 0 Å². The van der Waals surface area contributed by atoms with Gasteiger partial charge in [0, 0.05) is 0 Å². The number of aromatic amines is 1. The number of hydrogen-bond donors (Lipinski definition) is 1. The normalized spacial score (nSPS) is 14.2. The van der Waals surface area contributed by atoms with Crippen LogP contribution in [-0.2, 0) is 4.74 Å². The number of nitrogens with one attached hydrogen (secondary N) is 1. The zero-order valence-electron chi connectivity index (χ0n) is 8.68. The quantitative estimate of drug-likeness (QED) is 0.827. The van der Waals surface area contributed by atoms with E-state index in [0.29, 0.717) is 11.0 Å². The number of halogens is 4. The van der Waals surface area contributed by atoms with Gasteiger partial charge in [-0.25, -0.2) is 14.1 Å². The fourth-order valence-electron chi connectivity index (χ4n) is 1.42. The van der Waals surface area contributed by atoms with Gasteiger partial charge in [-0.05, 0) is 24.6 Å². The number of alkyl halides is 4. The molecule has 2 aromatic rings. The second kappa shape index (κ2) is 3.99. The summed E-state index contributed by atoms with van der Waals surface area (Å²) < 4.78 is 51.8. The highest BCUT2D eigenvalue weighted by atomic mass is 19.4. The van der Waals surface area contributed by atoms with Crippen LogP contribution in [0.2, 0.25) is 0 Å². The molecule has 0 saturated heterocycles. The zero-order chi connectivity index (χ0) is 12.6. The molecule has 17 heavy (non-hydrogen) atoms. The van der Waals surface area contributed by atoms with E-state index in [4.69, 9.17) is 0 Å². The van der Waals surface area contributed by atoms with Crippen molar-refractivity contribution in [3.63, 3.8) is 0 Å². The van der Waals surface area contributed by atoms with Gasteiger partial charge in [0.15, 0.2) is 5.82 Å². The molecule has 2 rings (SSSR count). The Bertz CT molecular complexity index is 535. The molecule has 1 aromatic heterocycles. The van der Waals surface area contributed by atoms with Crippen molar-refractivity contribution >= 4 is 11.0 Å². The van der Waals surface area contributed by atoms with Crippen LogP contribution in [0.5, 0.6) is 0 Å². The van der Waals surface area contributed by atoms with Crippen molar-refractivity contribution in [3.8, 4) is 0 Å². The molecule has 1 heterocycles. The lowest BCUT2D eigenvalue weighted by atomic mass is 10.2. The number of imidazole rings is 1. The van der Waals surface area contributed by atoms with Crippen molar-refractivity contribution in [3.05, 3.63) is 29.6 Å². The summed E-state index contributed by atoms with van der Waals surface area (Å²) >= 11 is 0. The first kappa shape index (κ1) is 11.8. The lowest BCUT2D eigenvalue weighted by Gasteiger charge is -2.09. The summed E-state index contributed by atoms with van der Waals surface area (Å²) in [4.78, 5) is 6.13. The van der Waals surface area contributed by atoms with Crippen LogP contribution in [0.15, 0.2) is 18.2 Å². The predicted molar refractivity (Wildman–Crippen MR) is 51.8 cm³/mol. The highest BCUT2D eigenvalue weighted by Gasteiger charge is 2.35. The minimum Gasteiger partial charge on any atom is -0.337 e. The van der Waals surface area contributed by atoms with E-state index in [9.17, 15) is 17.6 Å². The minimum absolute atomic E-state index is 0.388. The largest absolute Gasteiger partial charge is 0.525 e.